The van der Waals surface area contributed by atoms with Gasteiger partial charge in [0, 0.05) is 19.7 Å². The number of rotatable bonds is 10. The lowest BCUT2D eigenvalue weighted by Gasteiger charge is -2.30. The van der Waals surface area contributed by atoms with E-state index in [0.29, 0.717) is 25.7 Å². The zero-order valence-corrected chi connectivity index (χ0v) is 11.8. The molecule has 0 rings (SSSR count). The predicted molar refractivity (Wildman–Crippen MR) is 71.1 cm³/mol. The third-order valence-corrected chi connectivity index (χ3v) is 2.94. The Kier molecular flexibility index (Phi) is 10.2. The second-order valence-corrected chi connectivity index (χ2v) is 4.23. The minimum atomic E-state index is 0.184. The molecule has 1 amide bonds. The molecule has 102 valence electrons. The molecule has 0 saturated carbocycles. The summed E-state index contributed by atoms with van der Waals surface area (Å²) in [6.07, 6.45) is 3.05. The number of methoxy groups -OCH3 is 1. The van der Waals surface area contributed by atoms with Crippen LogP contribution in [0.4, 0.5) is 0 Å². The van der Waals surface area contributed by atoms with E-state index in [2.05, 4.69) is 26.1 Å². The molecule has 0 fully saturated rings. The third-order valence-electron chi connectivity index (χ3n) is 2.94. The first-order chi connectivity index (χ1) is 8.21. The molecular formula is C13H28N2O2. The quantitative estimate of drug-likeness (QED) is 0.594. The average Bonchev–Trinajstić information content (AvgIpc) is 2.34. The fraction of sp³-hybridized carbons (Fsp3) is 0.923. The number of hydrogen-bond acceptors (Lipinski definition) is 3. The van der Waals surface area contributed by atoms with Gasteiger partial charge < -0.3 is 15.0 Å². The van der Waals surface area contributed by atoms with Gasteiger partial charge in [0.1, 0.15) is 0 Å². The summed E-state index contributed by atoms with van der Waals surface area (Å²) >= 11 is 0. The molecule has 4 nitrogen and oxygen atoms in total. The SMILES string of the molecule is CCCNCC(=O)N(CCOC)C(CC)CC. The van der Waals surface area contributed by atoms with E-state index in [1.165, 1.54) is 0 Å². The molecule has 0 aliphatic carbocycles. The Morgan fingerprint density at radius 1 is 1.29 bits per heavy atom. The van der Waals surface area contributed by atoms with Crippen LogP contribution in [0.3, 0.4) is 0 Å². The van der Waals surface area contributed by atoms with Crippen LogP contribution in [0.2, 0.25) is 0 Å². The summed E-state index contributed by atoms with van der Waals surface area (Å²) < 4.78 is 5.07. The fourth-order valence-electron chi connectivity index (χ4n) is 1.90. The summed E-state index contributed by atoms with van der Waals surface area (Å²) in [5.41, 5.74) is 0. The van der Waals surface area contributed by atoms with Crippen LogP contribution in [-0.2, 0) is 9.53 Å². The van der Waals surface area contributed by atoms with E-state index in [4.69, 9.17) is 4.74 Å². The molecular weight excluding hydrogens is 216 g/mol. The lowest BCUT2D eigenvalue weighted by Crippen LogP contribution is -2.45. The van der Waals surface area contributed by atoms with E-state index in [9.17, 15) is 4.79 Å². The van der Waals surface area contributed by atoms with E-state index in [-0.39, 0.29) is 5.91 Å². The summed E-state index contributed by atoms with van der Waals surface area (Å²) in [5.74, 6) is 0.184. The van der Waals surface area contributed by atoms with E-state index < -0.39 is 0 Å². The molecule has 0 radical (unpaired) electrons. The monoisotopic (exact) mass is 244 g/mol. The molecule has 0 unspecified atom stereocenters. The first-order valence-electron chi connectivity index (χ1n) is 6.70. The number of amides is 1. The van der Waals surface area contributed by atoms with Gasteiger partial charge in [-0.1, -0.05) is 20.8 Å². The van der Waals surface area contributed by atoms with Crippen LogP contribution in [0.5, 0.6) is 0 Å². The van der Waals surface area contributed by atoms with Crippen molar-refractivity contribution in [2.45, 2.75) is 46.1 Å². The van der Waals surface area contributed by atoms with Crippen LogP contribution in [0, 0.1) is 0 Å². The summed E-state index contributed by atoms with van der Waals surface area (Å²) in [5, 5.41) is 3.16. The molecule has 0 atom stereocenters. The van der Waals surface area contributed by atoms with E-state index in [1.54, 1.807) is 7.11 Å². The molecule has 0 aliphatic rings. The Bertz CT molecular complexity index is 194. The highest BCUT2D eigenvalue weighted by Gasteiger charge is 2.19. The largest absolute Gasteiger partial charge is 0.383 e. The number of hydrogen-bond donors (Lipinski definition) is 1. The van der Waals surface area contributed by atoms with Gasteiger partial charge in [0.05, 0.1) is 13.2 Å². The molecule has 0 aromatic rings. The van der Waals surface area contributed by atoms with Gasteiger partial charge in [-0.3, -0.25) is 4.79 Å². The second kappa shape index (κ2) is 10.5. The molecule has 4 heteroatoms. The molecule has 17 heavy (non-hydrogen) atoms. The van der Waals surface area contributed by atoms with E-state index >= 15 is 0 Å². The number of ether oxygens (including phenoxy) is 1. The molecule has 1 N–H and O–H groups in total. The number of carbonyl (C=O) groups excluding carboxylic acids is 1. The average molecular weight is 244 g/mol. The molecule has 0 aromatic carbocycles. The fourth-order valence-corrected chi connectivity index (χ4v) is 1.90. The van der Waals surface area contributed by atoms with Gasteiger partial charge in [0.25, 0.3) is 0 Å². The van der Waals surface area contributed by atoms with Gasteiger partial charge in [0.15, 0.2) is 0 Å². The van der Waals surface area contributed by atoms with Gasteiger partial charge in [0.2, 0.25) is 5.91 Å². The topological polar surface area (TPSA) is 41.6 Å². The number of carbonyl (C=O) groups is 1. The Hall–Kier alpha value is -0.610. The van der Waals surface area contributed by atoms with Crippen LogP contribution >= 0.6 is 0 Å². The first kappa shape index (κ1) is 16.4. The van der Waals surface area contributed by atoms with Crippen LogP contribution in [-0.4, -0.2) is 50.2 Å². The molecule has 0 heterocycles. The van der Waals surface area contributed by atoms with Crippen LogP contribution in [0.25, 0.3) is 0 Å². The van der Waals surface area contributed by atoms with Gasteiger partial charge >= 0.3 is 0 Å². The Balaban J connectivity index is 4.27. The summed E-state index contributed by atoms with van der Waals surface area (Å²) in [7, 11) is 1.67. The van der Waals surface area contributed by atoms with Gasteiger partial charge in [-0.25, -0.2) is 0 Å². The Morgan fingerprint density at radius 3 is 2.41 bits per heavy atom. The third kappa shape index (κ3) is 6.64. The maximum absolute atomic E-state index is 12.1. The lowest BCUT2D eigenvalue weighted by molar-refractivity contribution is -0.133. The molecule has 0 spiro atoms. The van der Waals surface area contributed by atoms with Crippen LogP contribution in [0.15, 0.2) is 0 Å². The minimum Gasteiger partial charge on any atom is -0.383 e. The second-order valence-electron chi connectivity index (χ2n) is 4.23. The van der Waals surface area contributed by atoms with Crippen molar-refractivity contribution in [1.82, 2.24) is 10.2 Å². The smallest absolute Gasteiger partial charge is 0.236 e. The highest BCUT2D eigenvalue weighted by atomic mass is 16.5. The van der Waals surface area contributed by atoms with Crippen molar-refractivity contribution in [3.63, 3.8) is 0 Å². The van der Waals surface area contributed by atoms with Crippen molar-refractivity contribution in [3.8, 4) is 0 Å². The minimum absolute atomic E-state index is 0.184. The van der Waals surface area contributed by atoms with Gasteiger partial charge in [-0.15, -0.1) is 0 Å². The van der Waals surface area contributed by atoms with E-state index in [0.717, 1.165) is 25.8 Å². The summed E-state index contributed by atoms with van der Waals surface area (Å²) in [4.78, 5) is 14.0. The Labute approximate surface area is 106 Å². The van der Waals surface area contributed by atoms with Gasteiger partial charge in [-0.05, 0) is 25.8 Å². The maximum atomic E-state index is 12.1. The van der Waals surface area contributed by atoms with Crippen molar-refractivity contribution in [1.29, 1.82) is 0 Å². The van der Waals surface area contributed by atoms with Crippen LogP contribution in [0.1, 0.15) is 40.0 Å². The van der Waals surface area contributed by atoms with Crippen molar-refractivity contribution >= 4 is 5.91 Å². The molecule has 0 aromatic heterocycles. The van der Waals surface area contributed by atoms with E-state index in [1.807, 2.05) is 4.90 Å². The summed E-state index contributed by atoms with van der Waals surface area (Å²) in [6, 6.07) is 0.334. The zero-order valence-electron chi connectivity index (χ0n) is 11.8. The van der Waals surface area contributed by atoms with Crippen molar-refractivity contribution in [2.24, 2.45) is 0 Å². The normalized spacial score (nSPS) is 10.9. The van der Waals surface area contributed by atoms with Crippen molar-refractivity contribution in [2.75, 3.05) is 33.4 Å². The Morgan fingerprint density at radius 2 is 1.94 bits per heavy atom. The van der Waals surface area contributed by atoms with Crippen molar-refractivity contribution in [3.05, 3.63) is 0 Å². The van der Waals surface area contributed by atoms with Crippen LogP contribution < -0.4 is 5.32 Å². The standard InChI is InChI=1S/C13H28N2O2/c1-5-8-14-11-13(16)15(9-10-17-4)12(6-2)7-3/h12,14H,5-11H2,1-4H3. The maximum Gasteiger partial charge on any atom is 0.236 e. The number of nitrogens with one attached hydrogen (secondary N) is 1. The zero-order chi connectivity index (χ0) is 13.1. The molecule has 0 aliphatic heterocycles. The first-order valence-corrected chi connectivity index (χ1v) is 6.70. The highest BCUT2D eigenvalue weighted by molar-refractivity contribution is 5.78. The van der Waals surface area contributed by atoms with Gasteiger partial charge in [-0.2, -0.15) is 0 Å². The predicted octanol–water partition coefficient (Wildman–Crippen LogP) is 1.65. The molecule has 0 bridgehead atoms. The molecule has 0 saturated heterocycles. The highest BCUT2D eigenvalue weighted by Crippen LogP contribution is 2.08. The number of nitrogens with zero attached hydrogens (tertiary/aromatic N) is 1. The summed E-state index contributed by atoms with van der Waals surface area (Å²) in [6.45, 7) is 8.98. The lowest BCUT2D eigenvalue weighted by atomic mass is 10.1. The van der Waals surface area contributed by atoms with Crippen molar-refractivity contribution < 1.29 is 9.53 Å².